The molecule has 4 nitrogen and oxygen atoms in total. The van der Waals surface area contributed by atoms with Crippen LogP contribution >= 0.6 is 35.0 Å². The van der Waals surface area contributed by atoms with Crippen molar-refractivity contribution in [3.63, 3.8) is 0 Å². The number of carbonyl (C=O) groups excluding carboxylic acids is 2. The SMILES string of the molecule is CCCCC(CC)C(=O)N1CCC2(CC1)SCCN2C(=O)c1ccc(Cl)cc1Cl. The zero-order valence-electron chi connectivity index (χ0n) is 17.3. The minimum Gasteiger partial charge on any atom is -0.342 e. The molecular formula is C22H30Cl2N2O2S. The first kappa shape index (κ1) is 22.8. The lowest BCUT2D eigenvalue weighted by molar-refractivity contribution is -0.137. The Hall–Kier alpha value is -0.910. The number of benzene rings is 1. The Balaban J connectivity index is 1.68. The normalized spacial score (nSPS) is 19.6. The van der Waals surface area contributed by atoms with E-state index < -0.39 is 0 Å². The predicted molar refractivity (Wildman–Crippen MR) is 122 cm³/mol. The summed E-state index contributed by atoms with van der Waals surface area (Å²) in [6.07, 6.45) is 5.71. The summed E-state index contributed by atoms with van der Waals surface area (Å²) in [5.41, 5.74) is 0.502. The Morgan fingerprint density at radius 2 is 1.90 bits per heavy atom. The molecule has 1 unspecified atom stereocenters. The highest BCUT2D eigenvalue weighted by molar-refractivity contribution is 8.00. The molecule has 2 saturated heterocycles. The van der Waals surface area contributed by atoms with E-state index >= 15 is 0 Å². The van der Waals surface area contributed by atoms with Gasteiger partial charge in [0.2, 0.25) is 5.91 Å². The molecule has 1 spiro atoms. The molecule has 3 rings (SSSR count). The third-order valence-corrected chi connectivity index (χ3v) is 8.29. The number of hydrogen-bond acceptors (Lipinski definition) is 3. The summed E-state index contributed by atoms with van der Waals surface area (Å²) < 4.78 is 0. The van der Waals surface area contributed by atoms with Gasteiger partial charge in [0.25, 0.3) is 5.91 Å². The van der Waals surface area contributed by atoms with Crippen LogP contribution in [-0.4, -0.2) is 51.9 Å². The van der Waals surface area contributed by atoms with Crippen molar-refractivity contribution in [1.82, 2.24) is 9.80 Å². The maximum atomic E-state index is 13.2. The molecule has 2 heterocycles. The number of amides is 2. The van der Waals surface area contributed by atoms with E-state index in [1.165, 1.54) is 0 Å². The summed E-state index contributed by atoms with van der Waals surface area (Å²) in [7, 11) is 0. The third kappa shape index (κ3) is 4.88. The van der Waals surface area contributed by atoms with Crippen LogP contribution in [-0.2, 0) is 4.79 Å². The van der Waals surface area contributed by atoms with Gasteiger partial charge in [0.15, 0.2) is 0 Å². The summed E-state index contributed by atoms with van der Waals surface area (Å²) in [5.74, 6) is 1.30. The molecule has 2 aliphatic rings. The smallest absolute Gasteiger partial charge is 0.256 e. The van der Waals surface area contributed by atoms with Crippen molar-refractivity contribution in [3.8, 4) is 0 Å². The van der Waals surface area contributed by atoms with Crippen LogP contribution in [0.4, 0.5) is 0 Å². The van der Waals surface area contributed by atoms with Gasteiger partial charge in [0.05, 0.1) is 15.5 Å². The lowest BCUT2D eigenvalue weighted by atomic mass is 9.95. The third-order valence-electron chi connectivity index (χ3n) is 6.19. The van der Waals surface area contributed by atoms with Crippen LogP contribution in [0.25, 0.3) is 0 Å². The molecule has 29 heavy (non-hydrogen) atoms. The van der Waals surface area contributed by atoms with Gasteiger partial charge in [-0.1, -0.05) is 49.9 Å². The summed E-state index contributed by atoms with van der Waals surface area (Å²) in [6.45, 7) is 6.41. The number of thioether (sulfide) groups is 1. The average Bonchev–Trinajstić information content (AvgIpc) is 3.11. The second-order valence-corrected chi connectivity index (χ2v) is 10.2. The molecule has 2 amide bonds. The van der Waals surface area contributed by atoms with Crippen LogP contribution in [0, 0.1) is 5.92 Å². The van der Waals surface area contributed by atoms with Gasteiger partial charge in [-0.3, -0.25) is 9.59 Å². The van der Waals surface area contributed by atoms with Crippen molar-refractivity contribution in [2.24, 2.45) is 5.92 Å². The second kappa shape index (κ2) is 9.93. The van der Waals surface area contributed by atoms with Gasteiger partial charge in [0, 0.05) is 36.3 Å². The molecule has 2 aliphatic heterocycles. The van der Waals surface area contributed by atoms with Crippen LogP contribution in [0.5, 0.6) is 0 Å². The van der Waals surface area contributed by atoms with E-state index in [-0.39, 0.29) is 22.6 Å². The zero-order valence-corrected chi connectivity index (χ0v) is 19.6. The van der Waals surface area contributed by atoms with Crippen molar-refractivity contribution in [3.05, 3.63) is 33.8 Å². The summed E-state index contributed by atoms with van der Waals surface area (Å²) >= 11 is 14.1. The van der Waals surface area contributed by atoms with E-state index in [1.807, 2.05) is 21.6 Å². The molecular weight excluding hydrogens is 427 g/mol. The van der Waals surface area contributed by atoms with E-state index in [1.54, 1.807) is 18.2 Å². The first-order chi connectivity index (χ1) is 13.9. The quantitative estimate of drug-likeness (QED) is 0.549. The predicted octanol–water partition coefficient (Wildman–Crippen LogP) is 5.72. The van der Waals surface area contributed by atoms with Gasteiger partial charge in [-0.2, -0.15) is 0 Å². The van der Waals surface area contributed by atoms with Crippen LogP contribution in [0.2, 0.25) is 10.0 Å². The van der Waals surface area contributed by atoms with E-state index in [4.69, 9.17) is 23.2 Å². The highest BCUT2D eigenvalue weighted by Crippen LogP contribution is 2.45. The van der Waals surface area contributed by atoms with Crippen molar-refractivity contribution < 1.29 is 9.59 Å². The topological polar surface area (TPSA) is 40.6 Å². The van der Waals surface area contributed by atoms with Gasteiger partial charge in [0.1, 0.15) is 0 Å². The molecule has 1 atom stereocenters. The maximum absolute atomic E-state index is 13.2. The van der Waals surface area contributed by atoms with E-state index in [9.17, 15) is 9.59 Å². The Morgan fingerprint density at radius 1 is 1.17 bits per heavy atom. The monoisotopic (exact) mass is 456 g/mol. The van der Waals surface area contributed by atoms with E-state index in [2.05, 4.69) is 13.8 Å². The molecule has 1 aromatic rings. The number of carbonyl (C=O) groups is 2. The molecule has 0 saturated carbocycles. The minimum absolute atomic E-state index is 0.0363. The number of halogens is 2. The lowest BCUT2D eigenvalue weighted by Gasteiger charge is -2.44. The number of piperidine rings is 1. The zero-order chi connectivity index (χ0) is 21.0. The average molecular weight is 457 g/mol. The largest absolute Gasteiger partial charge is 0.342 e. The van der Waals surface area contributed by atoms with Crippen molar-refractivity contribution in [1.29, 1.82) is 0 Å². The van der Waals surface area contributed by atoms with Crippen LogP contribution in [0.15, 0.2) is 18.2 Å². The van der Waals surface area contributed by atoms with Gasteiger partial charge in [-0.15, -0.1) is 11.8 Å². The molecule has 160 valence electrons. The van der Waals surface area contributed by atoms with E-state index in [0.29, 0.717) is 35.2 Å². The summed E-state index contributed by atoms with van der Waals surface area (Å²) in [5, 5.41) is 0.918. The highest BCUT2D eigenvalue weighted by Gasteiger charge is 2.47. The number of nitrogens with zero attached hydrogens (tertiary/aromatic N) is 2. The second-order valence-electron chi connectivity index (χ2n) is 7.95. The molecule has 2 fully saturated rings. The fourth-order valence-electron chi connectivity index (χ4n) is 4.41. The van der Waals surface area contributed by atoms with Crippen molar-refractivity contribution in [2.75, 3.05) is 25.4 Å². The molecule has 7 heteroatoms. The Kier molecular flexibility index (Phi) is 7.80. The molecule has 0 bridgehead atoms. The molecule has 1 aromatic carbocycles. The summed E-state index contributed by atoms with van der Waals surface area (Å²) in [6, 6.07) is 5.04. The van der Waals surface area contributed by atoms with Crippen molar-refractivity contribution >= 4 is 46.8 Å². The number of likely N-dealkylation sites (tertiary alicyclic amines) is 1. The highest BCUT2D eigenvalue weighted by atomic mass is 35.5. The fraction of sp³-hybridized carbons (Fsp3) is 0.636. The van der Waals surface area contributed by atoms with Crippen molar-refractivity contribution in [2.45, 2.75) is 57.2 Å². The maximum Gasteiger partial charge on any atom is 0.256 e. The van der Waals surface area contributed by atoms with Crippen LogP contribution < -0.4 is 0 Å². The Morgan fingerprint density at radius 3 is 2.52 bits per heavy atom. The Labute approximate surface area is 188 Å². The van der Waals surface area contributed by atoms with Gasteiger partial charge in [-0.25, -0.2) is 0 Å². The number of rotatable bonds is 6. The van der Waals surface area contributed by atoms with Gasteiger partial charge >= 0.3 is 0 Å². The fourth-order valence-corrected chi connectivity index (χ4v) is 6.35. The Bertz CT molecular complexity index is 750. The molecule has 0 aliphatic carbocycles. The minimum atomic E-state index is -0.234. The van der Waals surface area contributed by atoms with E-state index in [0.717, 1.165) is 44.3 Å². The standard InChI is InChI=1S/C22H30Cl2N2O2S/c1-3-5-6-16(4-2)20(27)25-11-9-22(10-12-25)26(13-14-29-22)21(28)18-8-7-17(23)15-19(18)24/h7-8,15-16H,3-6,9-14H2,1-2H3. The molecule has 0 N–H and O–H groups in total. The summed E-state index contributed by atoms with van der Waals surface area (Å²) in [4.78, 5) is 30.0. The van der Waals surface area contributed by atoms with Gasteiger partial charge < -0.3 is 9.80 Å². The molecule has 0 aromatic heterocycles. The first-order valence-corrected chi connectivity index (χ1v) is 12.4. The molecule has 0 radical (unpaired) electrons. The number of hydrogen-bond donors (Lipinski definition) is 0. The lowest BCUT2D eigenvalue weighted by Crippen LogP contribution is -2.54. The van der Waals surface area contributed by atoms with Crippen LogP contribution in [0.3, 0.4) is 0 Å². The van der Waals surface area contributed by atoms with Gasteiger partial charge in [-0.05, 0) is 43.9 Å². The van der Waals surface area contributed by atoms with Crippen LogP contribution in [0.1, 0.15) is 62.7 Å². The first-order valence-electron chi connectivity index (χ1n) is 10.6. The number of unbranched alkanes of at least 4 members (excludes halogenated alkanes) is 1.